The van der Waals surface area contributed by atoms with Crippen LogP contribution in [0.1, 0.15) is 26.5 Å². The number of aldehydes is 1. The fourth-order valence-corrected chi connectivity index (χ4v) is 1.16. The van der Waals surface area contributed by atoms with Gasteiger partial charge in [-0.15, -0.1) is 0 Å². The van der Waals surface area contributed by atoms with Crippen molar-refractivity contribution in [2.75, 3.05) is 0 Å². The topological polar surface area (TPSA) is 45.8 Å². The Balaban J connectivity index is 0.00000106. The summed E-state index contributed by atoms with van der Waals surface area (Å²) < 4.78 is 0. The summed E-state index contributed by atoms with van der Waals surface area (Å²) in [5.74, 6) is 0. The number of nitrogens with one attached hydrogen (secondary N) is 1. The van der Waals surface area contributed by atoms with Gasteiger partial charge in [0, 0.05) is 11.1 Å². The Morgan fingerprint density at radius 2 is 2.19 bits per heavy atom. The Kier molecular flexibility index (Phi) is 7.41. The van der Waals surface area contributed by atoms with Gasteiger partial charge in [-0.3, -0.25) is 4.79 Å². The summed E-state index contributed by atoms with van der Waals surface area (Å²) in [6.07, 6.45) is 9.21. The van der Waals surface area contributed by atoms with Crippen molar-refractivity contribution < 1.29 is 4.79 Å². The summed E-state index contributed by atoms with van der Waals surface area (Å²) in [4.78, 5) is 17.6. The highest BCUT2D eigenvalue weighted by molar-refractivity contribution is 5.93. The lowest BCUT2D eigenvalue weighted by Crippen LogP contribution is -1.88. The molecule has 0 saturated carbocycles. The SMILES string of the molecule is C=C/C(=C(C=O)\C=C/C)c1cnc[nH]1.CC. The lowest BCUT2D eigenvalue weighted by Gasteiger charge is -2.00. The zero-order chi connectivity index (χ0) is 12.4. The van der Waals surface area contributed by atoms with E-state index in [0.717, 1.165) is 17.6 Å². The second-order valence-electron chi connectivity index (χ2n) is 2.66. The number of allylic oxidation sites excluding steroid dienone is 5. The average molecular weight is 218 g/mol. The van der Waals surface area contributed by atoms with Gasteiger partial charge in [0.2, 0.25) is 0 Å². The molecule has 16 heavy (non-hydrogen) atoms. The van der Waals surface area contributed by atoms with Gasteiger partial charge in [0.15, 0.2) is 6.29 Å². The molecule has 3 nitrogen and oxygen atoms in total. The minimum Gasteiger partial charge on any atom is -0.345 e. The van der Waals surface area contributed by atoms with E-state index in [1.807, 2.05) is 26.8 Å². The second kappa shape index (κ2) is 8.41. The summed E-state index contributed by atoms with van der Waals surface area (Å²) in [6.45, 7) is 9.53. The highest BCUT2D eigenvalue weighted by atomic mass is 16.1. The normalized spacial score (nSPS) is 11.4. The molecule has 0 aromatic carbocycles. The van der Waals surface area contributed by atoms with Crippen LogP contribution in [0.15, 0.2) is 42.9 Å². The number of nitrogens with zero attached hydrogens (tertiary/aromatic N) is 1. The number of hydrogen-bond donors (Lipinski definition) is 1. The number of rotatable bonds is 4. The molecule has 0 atom stereocenters. The van der Waals surface area contributed by atoms with Crippen LogP contribution in [0.4, 0.5) is 0 Å². The van der Waals surface area contributed by atoms with E-state index in [9.17, 15) is 4.79 Å². The van der Waals surface area contributed by atoms with E-state index in [2.05, 4.69) is 16.5 Å². The van der Waals surface area contributed by atoms with Crippen LogP contribution in [-0.4, -0.2) is 16.3 Å². The first kappa shape index (κ1) is 14.1. The molecule has 0 aliphatic carbocycles. The van der Waals surface area contributed by atoms with Crippen molar-refractivity contribution in [3.63, 3.8) is 0 Å². The summed E-state index contributed by atoms with van der Waals surface area (Å²) in [6, 6.07) is 0. The minimum absolute atomic E-state index is 0.590. The van der Waals surface area contributed by atoms with Gasteiger partial charge < -0.3 is 4.98 Å². The van der Waals surface area contributed by atoms with Crippen molar-refractivity contribution in [2.45, 2.75) is 20.8 Å². The monoisotopic (exact) mass is 218 g/mol. The molecule has 3 heteroatoms. The number of aromatic amines is 1. The maximum absolute atomic E-state index is 10.8. The van der Waals surface area contributed by atoms with Crippen LogP contribution in [0, 0.1) is 0 Å². The van der Waals surface area contributed by atoms with Gasteiger partial charge in [0.1, 0.15) is 0 Å². The molecule has 1 aromatic heterocycles. The third kappa shape index (κ3) is 3.69. The molecule has 0 saturated heterocycles. The molecule has 86 valence electrons. The van der Waals surface area contributed by atoms with Gasteiger partial charge in [-0.25, -0.2) is 4.98 Å². The predicted octanol–water partition coefficient (Wildman–Crippen LogP) is 3.15. The molecule has 0 radical (unpaired) electrons. The Hall–Kier alpha value is -1.90. The molecule has 0 bridgehead atoms. The first-order chi connectivity index (χ1) is 7.83. The zero-order valence-electron chi connectivity index (χ0n) is 10.0. The number of H-pyrrole nitrogens is 1. The summed E-state index contributed by atoms with van der Waals surface area (Å²) in [5, 5.41) is 0. The average Bonchev–Trinajstić information content (AvgIpc) is 2.85. The van der Waals surface area contributed by atoms with Crippen LogP contribution in [0.25, 0.3) is 5.57 Å². The standard InChI is InChI=1S/C11H12N2O.C2H6/c1-3-5-9(7-14)10(4-2)11-6-12-8-13-11;1-2/h3-8H,2H2,1H3,(H,12,13);1-2H3/b5-3-,10-9-;. The molecule has 0 aliphatic heterocycles. The largest absolute Gasteiger partial charge is 0.345 e. The quantitative estimate of drug-likeness (QED) is 0.479. The van der Waals surface area contributed by atoms with E-state index in [0.29, 0.717) is 5.57 Å². The highest BCUT2D eigenvalue weighted by Crippen LogP contribution is 2.16. The van der Waals surface area contributed by atoms with E-state index in [-0.39, 0.29) is 0 Å². The number of aromatic nitrogens is 2. The van der Waals surface area contributed by atoms with E-state index >= 15 is 0 Å². The van der Waals surface area contributed by atoms with Crippen molar-refractivity contribution in [1.29, 1.82) is 0 Å². The van der Waals surface area contributed by atoms with Crippen LogP contribution in [0.3, 0.4) is 0 Å². The van der Waals surface area contributed by atoms with Crippen molar-refractivity contribution in [3.8, 4) is 0 Å². The third-order valence-corrected chi connectivity index (χ3v) is 1.78. The van der Waals surface area contributed by atoms with Crippen molar-refractivity contribution in [3.05, 3.63) is 48.6 Å². The summed E-state index contributed by atoms with van der Waals surface area (Å²) >= 11 is 0. The number of hydrogen-bond acceptors (Lipinski definition) is 2. The first-order valence-corrected chi connectivity index (χ1v) is 5.26. The smallest absolute Gasteiger partial charge is 0.150 e. The molecule has 0 fully saturated rings. The molecule has 0 unspecified atom stereocenters. The van der Waals surface area contributed by atoms with Gasteiger partial charge >= 0.3 is 0 Å². The zero-order valence-corrected chi connectivity index (χ0v) is 10.0. The van der Waals surface area contributed by atoms with Gasteiger partial charge in [-0.1, -0.05) is 38.7 Å². The van der Waals surface area contributed by atoms with Crippen molar-refractivity contribution in [2.24, 2.45) is 0 Å². The van der Waals surface area contributed by atoms with Crippen LogP contribution in [0.2, 0.25) is 0 Å². The molecule has 1 N–H and O–H groups in total. The first-order valence-electron chi connectivity index (χ1n) is 5.26. The maximum atomic E-state index is 10.8. The summed E-state index contributed by atoms with van der Waals surface area (Å²) in [7, 11) is 0. The van der Waals surface area contributed by atoms with E-state index in [1.165, 1.54) is 0 Å². The van der Waals surface area contributed by atoms with Crippen LogP contribution in [-0.2, 0) is 4.79 Å². The van der Waals surface area contributed by atoms with E-state index in [1.54, 1.807) is 24.7 Å². The van der Waals surface area contributed by atoms with Gasteiger partial charge in [-0.05, 0) is 6.92 Å². The Morgan fingerprint density at radius 1 is 1.50 bits per heavy atom. The lowest BCUT2D eigenvalue weighted by molar-refractivity contribution is -0.104. The fourth-order valence-electron chi connectivity index (χ4n) is 1.16. The molecular formula is C13H18N2O. The lowest BCUT2D eigenvalue weighted by atomic mass is 10.1. The van der Waals surface area contributed by atoms with E-state index in [4.69, 9.17) is 0 Å². The molecule has 1 aromatic rings. The minimum atomic E-state index is 0.590. The maximum Gasteiger partial charge on any atom is 0.150 e. The fraction of sp³-hybridized carbons (Fsp3) is 0.231. The number of carbonyl (C=O) groups excluding carboxylic acids is 1. The predicted molar refractivity (Wildman–Crippen MR) is 67.9 cm³/mol. The Bertz CT molecular complexity index is 373. The van der Waals surface area contributed by atoms with Crippen molar-refractivity contribution >= 4 is 11.9 Å². The third-order valence-electron chi connectivity index (χ3n) is 1.78. The molecule has 0 amide bonds. The highest BCUT2D eigenvalue weighted by Gasteiger charge is 2.03. The van der Waals surface area contributed by atoms with Crippen molar-refractivity contribution in [1.82, 2.24) is 9.97 Å². The Labute approximate surface area is 96.6 Å². The molecule has 1 rings (SSSR count). The summed E-state index contributed by atoms with van der Waals surface area (Å²) in [5.41, 5.74) is 2.14. The molecule has 0 spiro atoms. The van der Waals surface area contributed by atoms with Crippen LogP contribution in [0.5, 0.6) is 0 Å². The second-order valence-corrected chi connectivity index (χ2v) is 2.66. The molecular weight excluding hydrogens is 200 g/mol. The van der Waals surface area contributed by atoms with Crippen LogP contribution >= 0.6 is 0 Å². The van der Waals surface area contributed by atoms with Crippen LogP contribution < -0.4 is 0 Å². The molecule has 1 heterocycles. The van der Waals surface area contributed by atoms with Gasteiger partial charge in [0.25, 0.3) is 0 Å². The molecule has 0 aliphatic rings. The Morgan fingerprint density at radius 3 is 2.56 bits per heavy atom. The van der Waals surface area contributed by atoms with Gasteiger partial charge in [-0.2, -0.15) is 0 Å². The van der Waals surface area contributed by atoms with E-state index < -0.39 is 0 Å². The number of carbonyl (C=O) groups is 1. The number of imidazole rings is 1. The van der Waals surface area contributed by atoms with Gasteiger partial charge in [0.05, 0.1) is 18.2 Å².